The number of nitrogens with zero attached hydrogens (tertiary/aromatic N) is 2. The van der Waals surface area contributed by atoms with Crippen LogP contribution in [-0.4, -0.2) is 73.3 Å². The van der Waals surface area contributed by atoms with Crippen molar-refractivity contribution in [3.05, 3.63) is 59.2 Å². The number of ether oxygens (including phenoxy) is 2. The fourth-order valence-corrected chi connectivity index (χ4v) is 4.52. The van der Waals surface area contributed by atoms with Crippen molar-refractivity contribution in [1.29, 1.82) is 0 Å². The van der Waals surface area contributed by atoms with Gasteiger partial charge in [0.05, 0.1) is 25.3 Å². The van der Waals surface area contributed by atoms with E-state index in [4.69, 9.17) is 9.47 Å². The van der Waals surface area contributed by atoms with E-state index < -0.39 is 0 Å². The van der Waals surface area contributed by atoms with Gasteiger partial charge >= 0.3 is 0 Å². The Kier molecular flexibility index (Phi) is 7.33. The predicted molar refractivity (Wildman–Crippen MR) is 128 cm³/mol. The Morgan fingerprint density at radius 3 is 2.17 bits per heavy atom. The first kappa shape index (κ1) is 24.3. The molecule has 2 aliphatic rings. The molecule has 1 saturated heterocycles. The monoisotopic (exact) mass is 479 g/mol. The molecule has 0 aromatic heterocycles. The molecule has 2 aliphatic heterocycles. The first-order valence-corrected chi connectivity index (χ1v) is 11.7. The first-order valence-electron chi connectivity index (χ1n) is 11.7. The first-order chi connectivity index (χ1) is 16.9. The smallest absolute Gasteiger partial charge is 0.261 e. The lowest BCUT2D eigenvalue weighted by molar-refractivity contribution is -0.122. The van der Waals surface area contributed by atoms with Crippen LogP contribution < -0.4 is 14.8 Å². The number of benzene rings is 2. The minimum atomic E-state index is -0.308. The van der Waals surface area contributed by atoms with Crippen molar-refractivity contribution in [3.8, 4) is 11.5 Å². The van der Waals surface area contributed by atoms with E-state index in [2.05, 4.69) is 5.32 Å². The van der Waals surface area contributed by atoms with Gasteiger partial charge in [0.1, 0.15) is 0 Å². The van der Waals surface area contributed by atoms with Gasteiger partial charge in [-0.2, -0.15) is 0 Å². The average Bonchev–Trinajstić information content (AvgIpc) is 3.13. The van der Waals surface area contributed by atoms with Crippen LogP contribution >= 0.6 is 0 Å². The molecule has 9 heteroatoms. The van der Waals surface area contributed by atoms with Gasteiger partial charge in [-0.3, -0.25) is 24.1 Å². The normalized spacial score (nSPS) is 15.7. The molecule has 2 heterocycles. The quantitative estimate of drug-likeness (QED) is 0.584. The second kappa shape index (κ2) is 10.6. The summed E-state index contributed by atoms with van der Waals surface area (Å²) < 4.78 is 10.5. The number of nitrogens with one attached hydrogen (secondary N) is 1. The number of carbonyl (C=O) groups is 4. The fourth-order valence-electron chi connectivity index (χ4n) is 4.52. The van der Waals surface area contributed by atoms with Crippen LogP contribution in [0.3, 0.4) is 0 Å². The molecule has 0 unspecified atom stereocenters. The van der Waals surface area contributed by atoms with Crippen LogP contribution in [0.4, 0.5) is 0 Å². The molecule has 4 rings (SSSR count). The van der Waals surface area contributed by atoms with Gasteiger partial charge in [0.15, 0.2) is 11.5 Å². The summed E-state index contributed by atoms with van der Waals surface area (Å²) in [5.41, 5.74) is 1.35. The Morgan fingerprint density at radius 1 is 0.943 bits per heavy atom. The Hall–Kier alpha value is -3.88. The van der Waals surface area contributed by atoms with Crippen LogP contribution in [0.15, 0.2) is 42.5 Å². The highest BCUT2D eigenvalue weighted by atomic mass is 16.5. The summed E-state index contributed by atoms with van der Waals surface area (Å²) in [6.07, 6.45) is 1.93. The highest BCUT2D eigenvalue weighted by molar-refractivity contribution is 6.21. The number of carbonyl (C=O) groups excluding carboxylic acids is 4. The van der Waals surface area contributed by atoms with Crippen molar-refractivity contribution in [2.24, 2.45) is 0 Å². The number of hydrogen-bond donors (Lipinski definition) is 1. The molecule has 35 heavy (non-hydrogen) atoms. The van der Waals surface area contributed by atoms with Crippen LogP contribution in [0.25, 0.3) is 0 Å². The average molecular weight is 480 g/mol. The molecule has 0 atom stereocenters. The molecule has 0 bridgehead atoms. The molecule has 4 amide bonds. The summed E-state index contributed by atoms with van der Waals surface area (Å²) in [7, 11) is 3.07. The van der Waals surface area contributed by atoms with E-state index in [1.54, 1.807) is 54.5 Å². The van der Waals surface area contributed by atoms with Crippen LogP contribution in [0, 0.1) is 0 Å². The Bertz CT molecular complexity index is 1100. The number of piperidine rings is 1. The van der Waals surface area contributed by atoms with Crippen molar-refractivity contribution in [2.75, 3.05) is 33.9 Å². The maximum atomic E-state index is 12.9. The summed E-state index contributed by atoms with van der Waals surface area (Å²) in [6.45, 7) is 1.28. The number of methoxy groups -OCH3 is 2. The van der Waals surface area contributed by atoms with Gasteiger partial charge in [-0.25, -0.2) is 0 Å². The van der Waals surface area contributed by atoms with Gasteiger partial charge in [-0.15, -0.1) is 0 Å². The fraction of sp³-hybridized carbons (Fsp3) is 0.385. The third-order valence-corrected chi connectivity index (χ3v) is 6.44. The molecule has 9 nitrogen and oxygen atoms in total. The van der Waals surface area contributed by atoms with Crippen molar-refractivity contribution in [2.45, 2.75) is 31.7 Å². The largest absolute Gasteiger partial charge is 0.493 e. The molecular formula is C26H29N3O6. The molecule has 2 aromatic rings. The molecule has 0 aliphatic carbocycles. The van der Waals surface area contributed by atoms with E-state index in [9.17, 15) is 19.2 Å². The van der Waals surface area contributed by atoms with Crippen LogP contribution in [0.5, 0.6) is 11.5 Å². The number of hydrogen-bond acceptors (Lipinski definition) is 6. The van der Waals surface area contributed by atoms with E-state index in [-0.39, 0.29) is 42.6 Å². The van der Waals surface area contributed by atoms with Gasteiger partial charge in [-0.1, -0.05) is 12.1 Å². The summed E-state index contributed by atoms with van der Waals surface area (Å²) in [5, 5.41) is 3.01. The van der Waals surface area contributed by atoms with Crippen LogP contribution in [0.1, 0.15) is 56.8 Å². The summed E-state index contributed by atoms with van der Waals surface area (Å²) in [4.78, 5) is 53.1. The van der Waals surface area contributed by atoms with Gasteiger partial charge in [0, 0.05) is 37.7 Å². The molecular weight excluding hydrogens is 450 g/mol. The predicted octanol–water partition coefficient (Wildman–Crippen LogP) is 2.50. The van der Waals surface area contributed by atoms with Crippen molar-refractivity contribution < 1.29 is 28.7 Å². The third-order valence-electron chi connectivity index (χ3n) is 6.44. The zero-order chi connectivity index (χ0) is 24.9. The van der Waals surface area contributed by atoms with Crippen molar-refractivity contribution in [3.63, 3.8) is 0 Å². The zero-order valence-electron chi connectivity index (χ0n) is 19.9. The summed E-state index contributed by atoms with van der Waals surface area (Å²) in [6, 6.07) is 11.8. The van der Waals surface area contributed by atoms with Crippen molar-refractivity contribution >= 4 is 23.6 Å². The Balaban J connectivity index is 1.21. The van der Waals surface area contributed by atoms with Crippen LogP contribution in [0.2, 0.25) is 0 Å². The van der Waals surface area contributed by atoms with Crippen molar-refractivity contribution in [1.82, 2.24) is 15.1 Å². The molecule has 184 valence electrons. The lowest BCUT2D eigenvalue weighted by Crippen LogP contribution is -2.46. The minimum Gasteiger partial charge on any atom is -0.493 e. The lowest BCUT2D eigenvalue weighted by Gasteiger charge is -2.32. The summed E-state index contributed by atoms with van der Waals surface area (Å²) in [5.74, 6) is 0.244. The SMILES string of the molecule is COc1ccc(C(=O)N2CCC(NC(=O)CCCN3C(=O)c4ccccc4C3=O)CC2)cc1OC. The number of fused-ring (bicyclic) bond motifs is 1. The highest BCUT2D eigenvalue weighted by Gasteiger charge is 2.34. The van der Waals surface area contributed by atoms with Gasteiger partial charge in [0.25, 0.3) is 17.7 Å². The molecule has 2 aromatic carbocycles. The zero-order valence-corrected chi connectivity index (χ0v) is 19.9. The maximum absolute atomic E-state index is 12.9. The van der Waals surface area contributed by atoms with E-state index in [0.717, 1.165) is 0 Å². The Morgan fingerprint density at radius 2 is 1.57 bits per heavy atom. The molecule has 1 N–H and O–H groups in total. The number of imide groups is 1. The lowest BCUT2D eigenvalue weighted by atomic mass is 10.0. The van der Waals surface area contributed by atoms with E-state index in [1.807, 2.05) is 0 Å². The molecule has 1 fully saturated rings. The second-order valence-corrected chi connectivity index (χ2v) is 8.61. The molecule has 0 saturated carbocycles. The Labute approximate surface area is 204 Å². The van der Waals surface area contributed by atoms with Gasteiger partial charge in [0.2, 0.25) is 5.91 Å². The molecule has 0 radical (unpaired) electrons. The third kappa shape index (κ3) is 5.13. The standard InChI is InChI=1S/C26H29N3O6/c1-34-21-10-9-17(16-22(21)35-2)24(31)28-14-11-18(12-15-28)27-23(30)8-5-13-29-25(32)19-6-3-4-7-20(19)26(29)33/h3-4,6-7,9-10,16,18H,5,8,11-15H2,1-2H3,(H,27,30). The van der Waals surface area contributed by atoms with E-state index in [1.165, 1.54) is 12.0 Å². The minimum absolute atomic E-state index is 0.0174. The topological polar surface area (TPSA) is 105 Å². The number of rotatable bonds is 8. The molecule has 0 spiro atoms. The number of likely N-dealkylation sites (tertiary alicyclic amines) is 1. The van der Waals surface area contributed by atoms with E-state index >= 15 is 0 Å². The highest BCUT2D eigenvalue weighted by Crippen LogP contribution is 2.28. The van der Waals surface area contributed by atoms with E-state index in [0.29, 0.717) is 60.5 Å². The second-order valence-electron chi connectivity index (χ2n) is 8.61. The van der Waals surface area contributed by atoms with Gasteiger partial charge in [-0.05, 0) is 49.6 Å². The van der Waals surface area contributed by atoms with Crippen LogP contribution in [-0.2, 0) is 4.79 Å². The number of amides is 4. The summed E-state index contributed by atoms with van der Waals surface area (Å²) >= 11 is 0. The van der Waals surface area contributed by atoms with Gasteiger partial charge < -0.3 is 19.7 Å². The maximum Gasteiger partial charge on any atom is 0.261 e.